The van der Waals surface area contributed by atoms with Crippen LogP contribution >= 0.6 is 0 Å². The van der Waals surface area contributed by atoms with Gasteiger partial charge in [0.05, 0.1) is 0 Å². The number of carbonyl (C=O) groups is 2. The second kappa shape index (κ2) is 9.76. The molecule has 0 aliphatic rings. The summed E-state index contributed by atoms with van der Waals surface area (Å²) in [6.07, 6.45) is 0. The zero-order valence-corrected chi connectivity index (χ0v) is 16.4. The van der Waals surface area contributed by atoms with E-state index in [-0.39, 0.29) is 18.4 Å². The van der Waals surface area contributed by atoms with Crippen LogP contribution in [0.15, 0.2) is 54.6 Å². The van der Waals surface area contributed by atoms with Gasteiger partial charge in [-0.15, -0.1) is 0 Å². The van der Waals surface area contributed by atoms with E-state index in [0.717, 1.165) is 5.56 Å². The molecule has 0 saturated heterocycles. The molecule has 1 N–H and O–H groups in total. The van der Waals surface area contributed by atoms with E-state index in [1.54, 1.807) is 14.0 Å². The Kier molecular flexibility index (Phi) is 7.41. The van der Waals surface area contributed by atoms with Gasteiger partial charge in [0.2, 0.25) is 5.91 Å². The van der Waals surface area contributed by atoms with E-state index in [4.69, 9.17) is 4.74 Å². The molecule has 2 aromatic rings. The topological polar surface area (TPSA) is 58.6 Å². The molecule has 0 radical (unpaired) electrons. The van der Waals surface area contributed by atoms with E-state index < -0.39 is 6.04 Å². The summed E-state index contributed by atoms with van der Waals surface area (Å²) < 4.78 is 5.66. The van der Waals surface area contributed by atoms with Crippen molar-refractivity contribution in [2.45, 2.75) is 39.3 Å². The van der Waals surface area contributed by atoms with E-state index in [1.165, 1.54) is 10.5 Å². The monoisotopic (exact) mass is 368 g/mol. The van der Waals surface area contributed by atoms with Crippen molar-refractivity contribution in [3.05, 3.63) is 65.7 Å². The summed E-state index contributed by atoms with van der Waals surface area (Å²) in [5, 5.41) is 2.60. The van der Waals surface area contributed by atoms with Crippen LogP contribution in [0, 0.1) is 0 Å². The average Bonchev–Trinajstić information content (AvgIpc) is 2.70. The fourth-order valence-corrected chi connectivity index (χ4v) is 2.75. The molecule has 0 saturated carbocycles. The normalized spacial score (nSPS) is 11.7. The molecule has 0 aromatic heterocycles. The van der Waals surface area contributed by atoms with Gasteiger partial charge in [0.1, 0.15) is 11.8 Å². The highest BCUT2D eigenvalue weighted by Crippen LogP contribution is 2.19. The number of ether oxygens (including phenoxy) is 1. The summed E-state index contributed by atoms with van der Waals surface area (Å²) in [5.74, 6) is 0.638. The Labute approximate surface area is 161 Å². The number of amides is 2. The summed E-state index contributed by atoms with van der Waals surface area (Å²) >= 11 is 0. The van der Waals surface area contributed by atoms with Crippen LogP contribution in [0.2, 0.25) is 0 Å². The first-order chi connectivity index (χ1) is 12.9. The van der Waals surface area contributed by atoms with E-state index in [0.29, 0.717) is 18.2 Å². The minimum Gasteiger partial charge on any atom is -0.484 e. The number of benzene rings is 2. The molecule has 144 valence electrons. The van der Waals surface area contributed by atoms with Crippen molar-refractivity contribution in [3.63, 3.8) is 0 Å². The molecule has 5 nitrogen and oxygen atoms in total. The first-order valence-corrected chi connectivity index (χ1v) is 9.20. The first kappa shape index (κ1) is 20.5. The van der Waals surface area contributed by atoms with Crippen LogP contribution in [0.4, 0.5) is 0 Å². The van der Waals surface area contributed by atoms with Crippen molar-refractivity contribution >= 4 is 11.8 Å². The molecule has 5 heteroatoms. The fraction of sp³-hybridized carbons (Fsp3) is 0.364. The number of hydrogen-bond donors (Lipinski definition) is 1. The molecule has 0 aliphatic heterocycles. The van der Waals surface area contributed by atoms with Gasteiger partial charge in [-0.3, -0.25) is 9.59 Å². The average molecular weight is 368 g/mol. The summed E-state index contributed by atoms with van der Waals surface area (Å²) in [7, 11) is 1.57. The maximum atomic E-state index is 12.8. The van der Waals surface area contributed by atoms with Crippen LogP contribution in [0.1, 0.15) is 37.8 Å². The molecule has 0 fully saturated rings. The molecular weight excluding hydrogens is 340 g/mol. The van der Waals surface area contributed by atoms with E-state index in [1.807, 2.05) is 54.6 Å². The maximum absolute atomic E-state index is 12.8. The number of carbonyl (C=O) groups excluding carboxylic acids is 2. The zero-order valence-electron chi connectivity index (χ0n) is 16.4. The minimum atomic E-state index is -0.588. The summed E-state index contributed by atoms with van der Waals surface area (Å²) in [5.41, 5.74) is 2.18. The molecule has 1 atom stereocenters. The lowest BCUT2D eigenvalue weighted by Gasteiger charge is -2.28. The van der Waals surface area contributed by atoms with Gasteiger partial charge in [0.25, 0.3) is 5.91 Å². The van der Waals surface area contributed by atoms with Gasteiger partial charge >= 0.3 is 0 Å². The second-order valence-corrected chi connectivity index (χ2v) is 6.81. The van der Waals surface area contributed by atoms with Gasteiger partial charge < -0.3 is 15.0 Å². The number of rotatable bonds is 8. The van der Waals surface area contributed by atoms with E-state index in [2.05, 4.69) is 19.2 Å². The molecule has 27 heavy (non-hydrogen) atoms. The lowest BCUT2D eigenvalue weighted by molar-refractivity contribution is -0.142. The van der Waals surface area contributed by atoms with Gasteiger partial charge in [-0.1, -0.05) is 56.3 Å². The largest absolute Gasteiger partial charge is 0.484 e. The molecule has 0 unspecified atom stereocenters. The van der Waals surface area contributed by atoms with Gasteiger partial charge in [0.15, 0.2) is 6.61 Å². The fourth-order valence-electron chi connectivity index (χ4n) is 2.75. The molecular formula is C22H28N2O3. The summed E-state index contributed by atoms with van der Waals surface area (Å²) in [4.78, 5) is 26.4. The predicted molar refractivity (Wildman–Crippen MR) is 107 cm³/mol. The third-order valence-electron chi connectivity index (χ3n) is 4.52. The van der Waals surface area contributed by atoms with Crippen LogP contribution in [0.25, 0.3) is 0 Å². The molecule has 0 heterocycles. The summed E-state index contributed by atoms with van der Waals surface area (Å²) in [6, 6.07) is 16.8. The SMILES string of the molecule is CNC(=O)[C@H](C)N(Cc1ccccc1)C(=O)COc1ccc(C(C)C)cc1. The van der Waals surface area contributed by atoms with Gasteiger partial charge in [-0.2, -0.15) is 0 Å². The number of nitrogens with one attached hydrogen (secondary N) is 1. The quantitative estimate of drug-likeness (QED) is 0.777. The second-order valence-electron chi connectivity index (χ2n) is 6.81. The highest BCUT2D eigenvalue weighted by molar-refractivity contribution is 5.87. The Morgan fingerprint density at radius 3 is 2.19 bits per heavy atom. The number of likely N-dealkylation sites (N-methyl/N-ethyl adjacent to an activating group) is 1. The third-order valence-corrected chi connectivity index (χ3v) is 4.52. The highest BCUT2D eigenvalue weighted by Gasteiger charge is 2.25. The maximum Gasteiger partial charge on any atom is 0.261 e. The molecule has 0 aliphatic carbocycles. The van der Waals surface area contributed by atoms with Crippen molar-refractivity contribution in [3.8, 4) is 5.75 Å². The van der Waals surface area contributed by atoms with Crippen LogP contribution in [-0.4, -0.2) is 36.4 Å². The van der Waals surface area contributed by atoms with Gasteiger partial charge in [-0.25, -0.2) is 0 Å². The van der Waals surface area contributed by atoms with Crippen molar-refractivity contribution in [2.24, 2.45) is 0 Å². The Balaban J connectivity index is 2.07. The minimum absolute atomic E-state index is 0.116. The van der Waals surface area contributed by atoms with Crippen molar-refractivity contribution in [2.75, 3.05) is 13.7 Å². The third kappa shape index (κ3) is 5.84. The van der Waals surface area contributed by atoms with E-state index in [9.17, 15) is 9.59 Å². The molecule has 2 aromatic carbocycles. The first-order valence-electron chi connectivity index (χ1n) is 9.20. The standard InChI is InChI=1S/C22H28N2O3/c1-16(2)19-10-12-20(13-11-19)27-15-21(25)24(17(3)22(26)23-4)14-18-8-6-5-7-9-18/h5-13,16-17H,14-15H2,1-4H3,(H,23,26)/t17-/m0/s1. The zero-order chi connectivity index (χ0) is 19.8. The van der Waals surface area contributed by atoms with Crippen LogP contribution < -0.4 is 10.1 Å². The Morgan fingerprint density at radius 2 is 1.63 bits per heavy atom. The van der Waals surface area contributed by atoms with Gasteiger partial charge in [0, 0.05) is 13.6 Å². The number of nitrogens with zero attached hydrogens (tertiary/aromatic N) is 1. The predicted octanol–water partition coefficient (Wildman–Crippen LogP) is 3.35. The van der Waals surface area contributed by atoms with Crippen molar-refractivity contribution < 1.29 is 14.3 Å². The molecule has 2 amide bonds. The lowest BCUT2D eigenvalue weighted by atomic mass is 10.0. The molecule has 0 bridgehead atoms. The molecule has 0 spiro atoms. The van der Waals surface area contributed by atoms with Crippen molar-refractivity contribution in [1.82, 2.24) is 10.2 Å². The van der Waals surface area contributed by atoms with Gasteiger partial charge in [-0.05, 0) is 36.1 Å². The van der Waals surface area contributed by atoms with Crippen molar-refractivity contribution in [1.29, 1.82) is 0 Å². The Bertz CT molecular complexity index is 742. The van der Waals surface area contributed by atoms with Crippen LogP contribution in [-0.2, 0) is 16.1 Å². The Morgan fingerprint density at radius 1 is 1.00 bits per heavy atom. The highest BCUT2D eigenvalue weighted by atomic mass is 16.5. The smallest absolute Gasteiger partial charge is 0.261 e. The van der Waals surface area contributed by atoms with Crippen LogP contribution in [0.5, 0.6) is 5.75 Å². The summed E-state index contributed by atoms with van der Waals surface area (Å²) in [6.45, 7) is 6.21. The number of hydrogen-bond acceptors (Lipinski definition) is 3. The Hall–Kier alpha value is -2.82. The lowest BCUT2D eigenvalue weighted by Crippen LogP contribution is -2.48. The van der Waals surface area contributed by atoms with Crippen LogP contribution in [0.3, 0.4) is 0 Å². The molecule has 2 rings (SSSR count). The van der Waals surface area contributed by atoms with E-state index >= 15 is 0 Å².